The number of carbonyl (C=O) groups excluding carboxylic acids is 2. The summed E-state index contributed by atoms with van der Waals surface area (Å²) < 4.78 is 0. The predicted molar refractivity (Wildman–Crippen MR) is 104 cm³/mol. The van der Waals surface area contributed by atoms with Crippen LogP contribution in [0.2, 0.25) is 0 Å². The number of fused-ring (bicyclic) bond motifs is 1. The van der Waals surface area contributed by atoms with Gasteiger partial charge in [0.1, 0.15) is 11.1 Å². The Bertz CT molecular complexity index is 798. The third kappa shape index (κ3) is 3.18. The van der Waals surface area contributed by atoms with Gasteiger partial charge in [-0.25, -0.2) is 0 Å². The first-order valence-electron chi connectivity index (χ1n) is 8.86. The van der Waals surface area contributed by atoms with E-state index in [1.54, 1.807) is 41.1 Å². The van der Waals surface area contributed by atoms with Gasteiger partial charge in [-0.05, 0) is 23.6 Å². The molecule has 0 aromatic heterocycles. The standard InChI is InChI=1S/C20H24N2O3S/c1-11(2)14-10-26-20-16(21-9-13-7-5-6-8-15(13)23)19(25)22(20)17(14)18(24)12(3)4/h5-9,11-12,16,20,23H,10H2,1-4H3/b21-9-/t16-,20-/m1/s1. The number of nitrogens with zero attached hydrogens (tertiary/aromatic N) is 2. The topological polar surface area (TPSA) is 70.0 Å². The Balaban J connectivity index is 1.87. The van der Waals surface area contributed by atoms with Gasteiger partial charge in [0.15, 0.2) is 11.8 Å². The zero-order valence-corrected chi connectivity index (χ0v) is 16.3. The minimum absolute atomic E-state index is 0.0236. The zero-order valence-electron chi connectivity index (χ0n) is 15.5. The molecule has 2 atom stereocenters. The average Bonchev–Trinajstić information content (AvgIpc) is 2.61. The van der Waals surface area contributed by atoms with Crippen LogP contribution in [0.3, 0.4) is 0 Å². The van der Waals surface area contributed by atoms with E-state index in [2.05, 4.69) is 18.8 Å². The minimum atomic E-state index is -0.511. The van der Waals surface area contributed by atoms with E-state index in [9.17, 15) is 14.7 Å². The van der Waals surface area contributed by atoms with Crippen molar-refractivity contribution in [2.75, 3.05) is 5.75 Å². The highest BCUT2D eigenvalue weighted by Crippen LogP contribution is 2.44. The van der Waals surface area contributed by atoms with Crippen molar-refractivity contribution in [1.29, 1.82) is 0 Å². The normalized spacial score (nSPS) is 23.0. The van der Waals surface area contributed by atoms with E-state index in [0.29, 0.717) is 11.3 Å². The number of rotatable bonds is 5. The SMILES string of the molecule is CC(C)C(=O)C1=C(C(C)C)CS[C@@H]2[C@H](/N=C\c3ccccc3O)C(=O)N12. The first-order chi connectivity index (χ1) is 12.3. The molecule has 0 radical (unpaired) electrons. The van der Waals surface area contributed by atoms with Crippen molar-refractivity contribution < 1.29 is 14.7 Å². The van der Waals surface area contributed by atoms with Gasteiger partial charge >= 0.3 is 0 Å². The second-order valence-corrected chi connectivity index (χ2v) is 8.34. The number of para-hydroxylation sites is 1. The summed E-state index contributed by atoms with van der Waals surface area (Å²) >= 11 is 1.65. The van der Waals surface area contributed by atoms with Gasteiger partial charge in [-0.3, -0.25) is 19.5 Å². The third-order valence-corrected chi connectivity index (χ3v) is 6.02. The predicted octanol–water partition coefficient (Wildman–Crippen LogP) is 3.23. The second-order valence-electron chi connectivity index (χ2n) is 7.24. The lowest BCUT2D eigenvalue weighted by atomic mass is 9.92. The molecular formula is C20H24N2O3S. The van der Waals surface area contributed by atoms with Crippen LogP contribution >= 0.6 is 11.8 Å². The molecule has 26 heavy (non-hydrogen) atoms. The molecule has 1 amide bonds. The molecule has 0 unspecified atom stereocenters. The van der Waals surface area contributed by atoms with Gasteiger partial charge in [0, 0.05) is 23.4 Å². The fraction of sp³-hybridized carbons (Fsp3) is 0.450. The summed E-state index contributed by atoms with van der Waals surface area (Å²) in [5.41, 5.74) is 2.20. The Morgan fingerprint density at radius 2 is 2.00 bits per heavy atom. The number of ketones is 1. The summed E-state index contributed by atoms with van der Waals surface area (Å²) in [4.78, 5) is 31.5. The minimum Gasteiger partial charge on any atom is -0.507 e. The maximum Gasteiger partial charge on any atom is 0.256 e. The van der Waals surface area contributed by atoms with E-state index in [0.717, 1.165) is 11.3 Å². The summed E-state index contributed by atoms with van der Waals surface area (Å²) in [5.74, 6) is 0.819. The Morgan fingerprint density at radius 1 is 1.31 bits per heavy atom. The van der Waals surface area contributed by atoms with Crippen LogP contribution in [0.15, 0.2) is 40.5 Å². The maximum atomic E-state index is 12.8. The van der Waals surface area contributed by atoms with Crippen molar-refractivity contribution in [1.82, 2.24) is 4.90 Å². The van der Waals surface area contributed by atoms with Crippen molar-refractivity contribution in [2.24, 2.45) is 16.8 Å². The van der Waals surface area contributed by atoms with Crippen molar-refractivity contribution >= 4 is 29.7 Å². The van der Waals surface area contributed by atoms with Crippen LogP contribution in [-0.4, -0.2) is 45.1 Å². The fourth-order valence-electron chi connectivity index (χ4n) is 3.14. The number of amides is 1. The molecule has 0 saturated carbocycles. The Morgan fingerprint density at radius 3 is 2.62 bits per heavy atom. The molecule has 6 heteroatoms. The van der Waals surface area contributed by atoms with Crippen LogP contribution in [0.25, 0.3) is 0 Å². The second kappa shape index (κ2) is 7.27. The highest BCUT2D eigenvalue weighted by Gasteiger charge is 2.53. The average molecular weight is 372 g/mol. The molecule has 138 valence electrons. The number of phenolic OH excluding ortho intramolecular Hbond substituents is 1. The lowest BCUT2D eigenvalue weighted by Crippen LogP contribution is -2.64. The van der Waals surface area contributed by atoms with Crippen molar-refractivity contribution in [2.45, 2.75) is 39.1 Å². The molecular weight excluding hydrogens is 348 g/mol. The number of allylic oxidation sites excluding steroid dienone is 1. The Kier molecular flexibility index (Phi) is 5.23. The number of aliphatic imine (C=N–C) groups is 1. The van der Waals surface area contributed by atoms with Gasteiger partial charge in [0.2, 0.25) is 0 Å². The summed E-state index contributed by atoms with van der Waals surface area (Å²) in [6.45, 7) is 7.84. The Hall–Kier alpha value is -2.08. The molecule has 3 rings (SSSR count). The number of aromatic hydroxyl groups is 1. The number of benzene rings is 1. The van der Waals surface area contributed by atoms with E-state index < -0.39 is 6.04 Å². The molecule has 1 fully saturated rings. The number of Topliss-reactive ketones (excluding diaryl/α,β-unsaturated/α-hetero) is 1. The molecule has 5 nitrogen and oxygen atoms in total. The van der Waals surface area contributed by atoms with Crippen LogP contribution in [0.1, 0.15) is 33.3 Å². The van der Waals surface area contributed by atoms with Gasteiger partial charge in [0.25, 0.3) is 5.91 Å². The quantitative estimate of drug-likeness (QED) is 0.636. The van der Waals surface area contributed by atoms with Crippen LogP contribution in [0, 0.1) is 11.8 Å². The maximum absolute atomic E-state index is 12.8. The van der Waals surface area contributed by atoms with Crippen molar-refractivity contribution in [3.8, 4) is 5.75 Å². The molecule has 1 N–H and O–H groups in total. The van der Waals surface area contributed by atoms with E-state index in [4.69, 9.17) is 0 Å². The molecule has 0 aliphatic carbocycles. The van der Waals surface area contributed by atoms with Crippen LogP contribution in [0.4, 0.5) is 0 Å². The van der Waals surface area contributed by atoms with Gasteiger partial charge in [-0.2, -0.15) is 0 Å². The number of phenols is 1. The molecule has 0 bridgehead atoms. The molecule has 2 aliphatic rings. The number of hydrogen-bond donors (Lipinski definition) is 1. The van der Waals surface area contributed by atoms with Crippen molar-refractivity contribution in [3.63, 3.8) is 0 Å². The van der Waals surface area contributed by atoms with E-state index in [-0.39, 0.29) is 34.6 Å². The lowest BCUT2D eigenvalue weighted by Gasteiger charge is -2.49. The summed E-state index contributed by atoms with van der Waals surface area (Å²) in [6.07, 6.45) is 1.54. The molecule has 1 aromatic rings. The fourth-order valence-corrected chi connectivity index (χ4v) is 4.68. The largest absolute Gasteiger partial charge is 0.507 e. The van der Waals surface area contributed by atoms with Gasteiger partial charge < -0.3 is 5.11 Å². The number of β-lactam (4-membered cyclic amide) rings is 1. The zero-order chi connectivity index (χ0) is 19.0. The van der Waals surface area contributed by atoms with Gasteiger partial charge in [-0.1, -0.05) is 39.8 Å². The number of carbonyl (C=O) groups is 2. The number of hydrogen-bond acceptors (Lipinski definition) is 5. The molecule has 1 aromatic carbocycles. The smallest absolute Gasteiger partial charge is 0.256 e. The molecule has 0 spiro atoms. The first-order valence-corrected chi connectivity index (χ1v) is 9.91. The van der Waals surface area contributed by atoms with Crippen molar-refractivity contribution in [3.05, 3.63) is 41.1 Å². The van der Waals surface area contributed by atoms with E-state index in [1.165, 1.54) is 0 Å². The monoisotopic (exact) mass is 372 g/mol. The van der Waals surface area contributed by atoms with Crippen LogP contribution in [-0.2, 0) is 9.59 Å². The van der Waals surface area contributed by atoms with Crippen LogP contribution < -0.4 is 0 Å². The lowest BCUT2D eigenvalue weighted by molar-refractivity contribution is -0.143. The van der Waals surface area contributed by atoms with Gasteiger partial charge in [-0.15, -0.1) is 11.8 Å². The third-order valence-electron chi connectivity index (χ3n) is 4.74. The summed E-state index contributed by atoms with van der Waals surface area (Å²) in [5, 5.41) is 9.69. The highest BCUT2D eigenvalue weighted by molar-refractivity contribution is 8.00. The first kappa shape index (κ1) is 18.7. The molecule has 2 heterocycles. The highest BCUT2D eigenvalue weighted by atomic mass is 32.2. The van der Waals surface area contributed by atoms with E-state index in [1.807, 2.05) is 19.9 Å². The molecule has 1 saturated heterocycles. The Labute approximate surface area is 158 Å². The van der Waals surface area contributed by atoms with Gasteiger partial charge in [0.05, 0.1) is 5.70 Å². The summed E-state index contributed by atoms with van der Waals surface area (Å²) in [6, 6.07) is 6.37. The van der Waals surface area contributed by atoms with E-state index >= 15 is 0 Å². The molecule has 2 aliphatic heterocycles. The van der Waals surface area contributed by atoms with Crippen LogP contribution in [0.5, 0.6) is 5.75 Å². The number of thioether (sulfide) groups is 1. The summed E-state index contributed by atoms with van der Waals surface area (Å²) in [7, 11) is 0.